The van der Waals surface area contributed by atoms with Crippen LogP contribution in [0.5, 0.6) is 0 Å². The molecule has 4 heterocycles. The molecule has 0 aliphatic heterocycles. The Kier molecular flexibility index (Phi) is 6.44. The molecule has 0 bridgehead atoms. The van der Waals surface area contributed by atoms with Crippen molar-refractivity contribution in [3.63, 3.8) is 0 Å². The van der Waals surface area contributed by atoms with Crippen molar-refractivity contribution in [1.29, 1.82) is 0 Å². The van der Waals surface area contributed by atoms with Gasteiger partial charge in [0, 0.05) is 53.5 Å². The lowest BCUT2D eigenvalue weighted by Gasteiger charge is -2.21. The Labute approximate surface area is 252 Å². The first-order valence-electron chi connectivity index (χ1n) is 14.1. The molecule has 1 unspecified atom stereocenters. The SMILES string of the molecule is CC(NC(=O)c1c(N)nn2cccnc12)c1cc2cccc(C#Cc3cn(C)c4ccccc34)c2c(=O)n1-c1ccccc1. The van der Waals surface area contributed by atoms with E-state index in [-0.39, 0.29) is 16.9 Å². The standard InChI is InChI=1S/C35H27N7O2/c1-22(38-34(43)31-32(36)39-41-19-9-18-37-33(31)41)29-20-24-11-8-10-23(30(24)35(44)42(29)26-12-4-3-5-13-26)16-17-25-21-40(2)28-15-7-6-14-27(25)28/h3-15,18-22H,1-2H3,(H2,36,39)(H,38,43). The van der Waals surface area contributed by atoms with Crippen LogP contribution in [0.2, 0.25) is 0 Å². The first-order valence-corrected chi connectivity index (χ1v) is 14.1. The highest BCUT2D eigenvalue weighted by Gasteiger charge is 2.24. The third-order valence-electron chi connectivity index (χ3n) is 7.76. The zero-order chi connectivity index (χ0) is 30.4. The van der Waals surface area contributed by atoms with Gasteiger partial charge in [0.2, 0.25) is 0 Å². The molecule has 0 aliphatic rings. The van der Waals surface area contributed by atoms with E-state index in [0.717, 1.165) is 21.9 Å². The molecule has 7 aromatic rings. The minimum Gasteiger partial charge on any atom is -0.381 e. The van der Waals surface area contributed by atoms with Gasteiger partial charge in [-0.05, 0) is 48.7 Å². The van der Waals surface area contributed by atoms with Crippen LogP contribution in [-0.2, 0) is 7.05 Å². The number of rotatable bonds is 4. The number of fused-ring (bicyclic) bond motifs is 3. The summed E-state index contributed by atoms with van der Waals surface area (Å²) in [5, 5.41) is 9.49. The van der Waals surface area contributed by atoms with Gasteiger partial charge in [-0.2, -0.15) is 0 Å². The Morgan fingerprint density at radius 2 is 1.73 bits per heavy atom. The Morgan fingerprint density at radius 3 is 2.57 bits per heavy atom. The Morgan fingerprint density at radius 1 is 0.955 bits per heavy atom. The number of hydrogen-bond acceptors (Lipinski definition) is 5. The fourth-order valence-corrected chi connectivity index (χ4v) is 5.69. The van der Waals surface area contributed by atoms with E-state index in [0.29, 0.717) is 28.0 Å². The summed E-state index contributed by atoms with van der Waals surface area (Å²) in [6.07, 6.45) is 5.25. The Bertz CT molecular complexity index is 2350. The number of hydrogen-bond donors (Lipinski definition) is 2. The van der Waals surface area contributed by atoms with Gasteiger partial charge in [-0.1, -0.05) is 60.4 Å². The number of aryl methyl sites for hydroxylation is 1. The van der Waals surface area contributed by atoms with Crippen molar-refractivity contribution in [3.05, 3.63) is 136 Å². The van der Waals surface area contributed by atoms with Crippen molar-refractivity contribution < 1.29 is 4.79 Å². The minimum absolute atomic E-state index is 0.0711. The number of aromatic nitrogens is 5. The van der Waals surface area contributed by atoms with Crippen molar-refractivity contribution >= 4 is 39.0 Å². The molecule has 3 aromatic carbocycles. The van der Waals surface area contributed by atoms with E-state index in [1.165, 1.54) is 4.52 Å². The van der Waals surface area contributed by atoms with Crippen LogP contribution in [0.3, 0.4) is 0 Å². The van der Waals surface area contributed by atoms with E-state index in [4.69, 9.17) is 5.73 Å². The van der Waals surface area contributed by atoms with Crippen molar-refractivity contribution in [2.45, 2.75) is 13.0 Å². The van der Waals surface area contributed by atoms with Crippen molar-refractivity contribution in [3.8, 4) is 17.5 Å². The van der Waals surface area contributed by atoms with Gasteiger partial charge >= 0.3 is 0 Å². The number of nitrogens with zero attached hydrogens (tertiary/aromatic N) is 5. The second kappa shape index (κ2) is 10.6. The number of anilines is 1. The van der Waals surface area contributed by atoms with E-state index in [9.17, 15) is 9.59 Å². The lowest BCUT2D eigenvalue weighted by Crippen LogP contribution is -2.32. The lowest BCUT2D eigenvalue weighted by atomic mass is 10.0. The number of benzene rings is 3. The zero-order valence-electron chi connectivity index (χ0n) is 24.0. The Balaban J connectivity index is 1.35. The molecule has 0 saturated carbocycles. The summed E-state index contributed by atoms with van der Waals surface area (Å²) in [6, 6.07) is 26.1. The molecule has 1 atom stereocenters. The smallest absolute Gasteiger partial charge is 0.264 e. The topological polar surface area (TPSA) is 112 Å². The van der Waals surface area contributed by atoms with Crippen LogP contribution < -0.4 is 16.6 Å². The second-order valence-electron chi connectivity index (χ2n) is 10.6. The van der Waals surface area contributed by atoms with E-state index in [2.05, 4.69) is 33.3 Å². The summed E-state index contributed by atoms with van der Waals surface area (Å²) >= 11 is 0. The van der Waals surface area contributed by atoms with Gasteiger partial charge in [0.1, 0.15) is 5.56 Å². The molecule has 0 aliphatic carbocycles. The van der Waals surface area contributed by atoms with Crippen LogP contribution in [0.4, 0.5) is 5.82 Å². The predicted octanol–water partition coefficient (Wildman–Crippen LogP) is 5.00. The van der Waals surface area contributed by atoms with Gasteiger partial charge in [0.05, 0.1) is 17.0 Å². The monoisotopic (exact) mass is 577 g/mol. The van der Waals surface area contributed by atoms with E-state index < -0.39 is 11.9 Å². The second-order valence-corrected chi connectivity index (χ2v) is 10.6. The summed E-state index contributed by atoms with van der Waals surface area (Å²) in [7, 11) is 1.99. The molecule has 1 amide bonds. The van der Waals surface area contributed by atoms with Gasteiger partial charge in [-0.25, -0.2) is 9.50 Å². The molecule has 214 valence electrons. The highest BCUT2D eigenvalue weighted by atomic mass is 16.2. The molecule has 4 aromatic heterocycles. The minimum atomic E-state index is -0.580. The first kappa shape index (κ1) is 26.7. The highest BCUT2D eigenvalue weighted by molar-refractivity contribution is 6.04. The fourth-order valence-electron chi connectivity index (χ4n) is 5.69. The Hall–Kier alpha value is -6.14. The average molecular weight is 578 g/mol. The maximum Gasteiger partial charge on any atom is 0.264 e. The van der Waals surface area contributed by atoms with Crippen LogP contribution in [0, 0.1) is 11.8 Å². The summed E-state index contributed by atoms with van der Waals surface area (Å²) < 4.78 is 5.14. The largest absolute Gasteiger partial charge is 0.381 e. The van der Waals surface area contributed by atoms with Crippen molar-refractivity contribution in [1.82, 2.24) is 29.0 Å². The third-order valence-corrected chi connectivity index (χ3v) is 7.76. The van der Waals surface area contributed by atoms with Crippen LogP contribution in [0.1, 0.15) is 40.1 Å². The molecular formula is C35H27N7O2. The van der Waals surface area contributed by atoms with Crippen LogP contribution in [0.25, 0.3) is 33.0 Å². The molecule has 0 spiro atoms. The fraction of sp³-hybridized carbons (Fsp3) is 0.0857. The number of nitrogen functional groups attached to an aromatic ring is 1. The number of carbonyl (C=O) groups excluding carboxylic acids is 1. The van der Waals surface area contributed by atoms with Crippen LogP contribution in [0.15, 0.2) is 108 Å². The molecule has 3 N–H and O–H groups in total. The first-order chi connectivity index (χ1) is 21.4. The number of pyridine rings is 1. The molecular weight excluding hydrogens is 550 g/mol. The molecule has 9 nitrogen and oxygen atoms in total. The molecule has 0 fully saturated rings. The molecule has 0 saturated heterocycles. The predicted molar refractivity (Wildman–Crippen MR) is 172 cm³/mol. The average Bonchev–Trinajstić information content (AvgIpc) is 3.55. The number of amides is 1. The van der Waals surface area contributed by atoms with Gasteiger partial charge in [0.25, 0.3) is 11.5 Å². The summed E-state index contributed by atoms with van der Waals surface area (Å²) in [5.74, 6) is 6.21. The van der Waals surface area contributed by atoms with Gasteiger partial charge < -0.3 is 15.6 Å². The zero-order valence-corrected chi connectivity index (χ0v) is 24.0. The van der Waals surface area contributed by atoms with E-state index in [1.54, 1.807) is 23.0 Å². The molecule has 0 radical (unpaired) electrons. The number of nitrogens with two attached hydrogens (primary N) is 1. The summed E-state index contributed by atoms with van der Waals surface area (Å²) in [5.41, 5.74) is 10.3. The third kappa shape index (κ3) is 4.46. The lowest BCUT2D eigenvalue weighted by molar-refractivity contribution is 0.0941. The van der Waals surface area contributed by atoms with Crippen molar-refractivity contribution in [2.75, 3.05) is 5.73 Å². The molecule has 9 heteroatoms. The number of para-hydroxylation sites is 2. The van der Waals surface area contributed by atoms with Gasteiger partial charge in [-0.3, -0.25) is 14.2 Å². The van der Waals surface area contributed by atoms with E-state index in [1.807, 2.05) is 97.5 Å². The number of nitrogens with one attached hydrogen (secondary N) is 1. The van der Waals surface area contributed by atoms with Crippen LogP contribution in [-0.4, -0.2) is 29.6 Å². The van der Waals surface area contributed by atoms with Gasteiger partial charge in [0.15, 0.2) is 11.5 Å². The van der Waals surface area contributed by atoms with E-state index >= 15 is 0 Å². The maximum absolute atomic E-state index is 14.4. The molecule has 44 heavy (non-hydrogen) atoms. The number of carbonyl (C=O) groups is 1. The summed E-state index contributed by atoms with van der Waals surface area (Å²) in [6.45, 7) is 1.83. The van der Waals surface area contributed by atoms with Gasteiger partial charge in [-0.15, -0.1) is 5.10 Å². The normalized spacial score (nSPS) is 11.9. The summed E-state index contributed by atoms with van der Waals surface area (Å²) in [4.78, 5) is 32.2. The molecule has 7 rings (SSSR count). The van der Waals surface area contributed by atoms with Crippen molar-refractivity contribution in [2.24, 2.45) is 7.05 Å². The maximum atomic E-state index is 14.4. The highest BCUT2D eigenvalue weighted by Crippen LogP contribution is 2.25. The quantitative estimate of drug-likeness (QED) is 0.286. The van der Waals surface area contributed by atoms with Crippen LogP contribution >= 0.6 is 0 Å².